The lowest BCUT2D eigenvalue weighted by Gasteiger charge is -2.10. The number of fused-ring (bicyclic) bond motifs is 1. The summed E-state index contributed by atoms with van der Waals surface area (Å²) in [5.74, 6) is 0.0174. The molecule has 2 aromatic rings. The van der Waals surface area contributed by atoms with Crippen LogP contribution in [0.2, 0.25) is 0 Å². The third-order valence-electron chi connectivity index (χ3n) is 4.70. The number of aryl methyl sites for hydroxylation is 1. The van der Waals surface area contributed by atoms with Gasteiger partial charge in [-0.25, -0.2) is 0 Å². The predicted molar refractivity (Wildman–Crippen MR) is 109 cm³/mol. The molecule has 6 heteroatoms. The lowest BCUT2D eigenvalue weighted by molar-refractivity contribution is -0.111. The summed E-state index contributed by atoms with van der Waals surface area (Å²) in [6.45, 7) is 0. The zero-order valence-electron chi connectivity index (χ0n) is 15.4. The van der Waals surface area contributed by atoms with Gasteiger partial charge in [-0.3, -0.25) is 9.59 Å². The van der Waals surface area contributed by atoms with E-state index < -0.39 is 5.91 Å². The molecule has 2 amide bonds. The molecule has 0 saturated heterocycles. The summed E-state index contributed by atoms with van der Waals surface area (Å²) in [7, 11) is 1.61. The van der Waals surface area contributed by atoms with Gasteiger partial charge in [0.25, 0.3) is 5.91 Å². The van der Waals surface area contributed by atoms with Crippen LogP contribution in [0.15, 0.2) is 30.3 Å². The van der Waals surface area contributed by atoms with E-state index in [9.17, 15) is 9.59 Å². The van der Waals surface area contributed by atoms with Crippen LogP contribution in [0.1, 0.15) is 52.0 Å². The Bertz CT molecular complexity index is 853. The summed E-state index contributed by atoms with van der Waals surface area (Å²) in [4.78, 5) is 25.6. The van der Waals surface area contributed by atoms with Crippen molar-refractivity contribution in [3.8, 4) is 5.75 Å². The van der Waals surface area contributed by atoms with Crippen LogP contribution in [0, 0.1) is 0 Å². The highest BCUT2D eigenvalue weighted by molar-refractivity contribution is 7.17. The van der Waals surface area contributed by atoms with Crippen LogP contribution < -0.4 is 15.8 Å². The number of primary amides is 1. The number of anilines is 1. The van der Waals surface area contributed by atoms with E-state index in [2.05, 4.69) is 5.32 Å². The van der Waals surface area contributed by atoms with Crippen molar-refractivity contribution in [2.75, 3.05) is 12.4 Å². The first-order valence-corrected chi connectivity index (χ1v) is 9.97. The summed E-state index contributed by atoms with van der Waals surface area (Å²) < 4.78 is 5.12. The first kappa shape index (κ1) is 19.2. The number of benzene rings is 1. The van der Waals surface area contributed by atoms with Crippen molar-refractivity contribution in [3.05, 3.63) is 51.9 Å². The Hall–Kier alpha value is -2.60. The van der Waals surface area contributed by atoms with Gasteiger partial charge in [0.05, 0.1) is 12.7 Å². The molecule has 27 heavy (non-hydrogen) atoms. The van der Waals surface area contributed by atoms with Crippen molar-refractivity contribution in [3.63, 3.8) is 0 Å². The second-order valence-electron chi connectivity index (χ2n) is 6.58. The number of carbonyl (C=O) groups is 2. The Kier molecular flexibility index (Phi) is 6.29. The number of ether oxygens (including phenoxy) is 1. The summed E-state index contributed by atoms with van der Waals surface area (Å²) in [6, 6.07) is 7.41. The number of hydrogen-bond donors (Lipinski definition) is 2. The fourth-order valence-electron chi connectivity index (χ4n) is 3.31. The normalized spacial score (nSPS) is 14.3. The fourth-order valence-corrected chi connectivity index (χ4v) is 4.61. The first-order valence-electron chi connectivity index (χ1n) is 9.16. The molecule has 1 heterocycles. The lowest BCUT2D eigenvalue weighted by Crippen LogP contribution is -2.17. The molecule has 5 nitrogen and oxygen atoms in total. The summed E-state index contributed by atoms with van der Waals surface area (Å²) >= 11 is 1.48. The lowest BCUT2D eigenvalue weighted by atomic mass is 9.96. The Balaban J connectivity index is 1.77. The van der Waals surface area contributed by atoms with Gasteiger partial charge >= 0.3 is 0 Å². The number of carbonyl (C=O) groups excluding carboxylic acids is 2. The predicted octanol–water partition coefficient (Wildman–Crippen LogP) is 4.17. The molecule has 0 saturated carbocycles. The van der Waals surface area contributed by atoms with Crippen LogP contribution in [-0.4, -0.2) is 18.9 Å². The molecule has 0 aliphatic heterocycles. The van der Waals surface area contributed by atoms with Crippen LogP contribution in [0.25, 0.3) is 6.08 Å². The van der Waals surface area contributed by atoms with Gasteiger partial charge in [-0.2, -0.15) is 0 Å². The molecule has 142 valence electrons. The van der Waals surface area contributed by atoms with Gasteiger partial charge in [0.1, 0.15) is 10.8 Å². The van der Waals surface area contributed by atoms with Gasteiger partial charge < -0.3 is 15.8 Å². The average molecular weight is 385 g/mol. The van der Waals surface area contributed by atoms with E-state index in [1.165, 1.54) is 35.1 Å². The van der Waals surface area contributed by atoms with E-state index in [0.717, 1.165) is 42.6 Å². The van der Waals surface area contributed by atoms with E-state index in [1.54, 1.807) is 13.2 Å². The molecular formula is C21H24N2O3S. The fraction of sp³-hybridized carbons (Fsp3) is 0.333. The number of hydrogen-bond acceptors (Lipinski definition) is 4. The number of thiophene rings is 1. The molecule has 0 unspecified atom stereocenters. The third kappa shape index (κ3) is 4.77. The Morgan fingerprint density at radius 1 is 1.11 bits per heavy atom. The van der Waals surface area contributed by atoms with Gasteiger partial charge in [-0.05, 0) is 55.0 Å². The van der Waals surface area contributed by atoms with Crippen LogP contribution >= 0.6 is 11.3 Å². The maximum absolute atomic E-state index is 12.4. The highest BCUT2D eigenvalue weighted by Gasteiger charge is 2.23. The van der Waals surface area contributed by atoms with Crippen LogP contribution in [0.5, 0.6) is 5.75 Å². The van der Waals surface area contributed by atoms with Gasteiger partial charge in [0.2, 0.25) is 5.91 Å². The molecule has 3 N–H and O–H groups in total. The molecule has 0 radical (unpaired) electrons. The van der Waals surface area contributed by atoms with E-state index in [1.807, 2.05) is 24.3 Å². The van der Waals surface area contributed by atoms with Crippen molar-refractivity contribution in [1.29, 1.82) is 0 Å². The number of nitrogens with one attached hydrogen (secondary N) is 1. The van der Waals surface area contributed by atoms with Crippen molar-refractivity contribution in [1.82, 2.24) is 0 Å². The van der Waals surface area contributed by atoms with E-state index in [-0.39, 0.29) is 5.91 Å². The second-order valence-corrected chi connectivity index (χ2v) is 7.69. The maximum atomic E-state index is 12.4. The number of methoxy groups -OCH3 is 1. The molecule has 1 aromatic heterocycles. The zero-order valence-corrected chi connectivity index (χ0v) is 16.2. The molecule has 0 fully saturated rings. The van der Waals surface area contributed by atoms with Gasteiger partial charge in [0.15, 0.2) is 0 Å². The SMILES string of the molecule is COc1ccc(C=CC(=O)Nc2sc3c(c2C(N)=O)CCCCCC3)cc1. The standard InChI is InChI=1S/C21H24N2O3S/c1-26-15-11-8-14(9-12-15)10-13-18(24)23-21-19(20(22)25)16-6-4-2-3-5-7-17(16)27-21/h8-13H,2-7H2,1H3,(H2,22,25)(H,23,24). The van der Waals surface area contributed by atoms with Crippen LogP contribution in [0.4, 0.5) is 5.00 Å². The highest BCUT2D eigenvalue weighted by atomic mass is 32.1. The molecule has 1 aromatic carbocycles. The molecule has 1 aliphatic carbocycles. The maximum Gasteiger partial charge on any atom is 0.251 e. The topological polar surface area (TPSA) is 81.4 Å². The van der Waals surface area contributed by atoms with Crippen molar-refractivity contribution in [2.45, 2.75) is 38.5 Å². The second kappa shape index (κ2) is 8.86. The van der Waals surface area contributed by atoms with Crippen molar-refractivity contribution < 1.29 is 14.3 Å². The summed E-state index contributed by atoms with van der Waals surface area (Å²) in [6.07, 6.45) is 9.51. The Morgan fingerprint density at radius 3 is 2.48 bits per heavy atom. The minimum absolute atomic E-state index is 0.275. The largest absolute Gasteiger partial charge is 0.497 e. The minimum Gasteiger partial charge on any atom is -0.497 e. The van der Waals surface area contributed by atoms with Gasteiger partial charge in [-0.1, -0.05) is 25.0 Å². The highest BCUT2D eigenvalue weighted by Crippen LogP contribution is 2.36. The monoisotopic (exact) mass is 384 g/mol. The number of rotatable bonds is 5. The average Bonchev–Trinajstić information content (AvgIpc) is 2.96. The third-order valence-corrected chi connectivity index (χ3v) is 5.90. The summed E-state index contributed by atoms with van der Waals surface area (Å²) in [5, 5.41) is 3.42. The van der Waals surface area contributed by atoms with E-state index >= 15 is 0 Å². The minimum atomic E-state index is -0.470. The quantitative estimate of drug-likeness (QED) is 0.759. The van der Waals surface area contributed by atoms with Crippen LogP contribution in [-0.2, 0) is 17.6 Å². The molecular weight excluding hydrogens is 360 g/mol. The zero-order chi connectivity index (χ0) is 19.2. The Morgan fingerprint density at radius 2 is 1.81 bits per heavy atom. The number of nitrogens with two attached hydrogens (primary N) is 1. The van der Waals surface area contributed by atoms with Crippen molar-refractivity contribution in [2.24, 2.45) is 5.73 Å². The van der Waals surface area contributed by atoms with E-state index in [0.29, 0.717) is 10.6 Å². The van der Waals surface area contributed by atoms with Crippen molar-refractivity contribution >= 4 is 34.2 Å². The smallest absolute Gasteiger partial charge is 0.251 e. The molecule has 1 aliphatic rings. The summed E-state index contributed by atoms with van der Waals surface area (Å²) in [5.41, 5.74) is 8.03. The van der Waals surface area contributed by atoms with Crippen LogP contribution in [0.3, 0.4) is 0 Å². The van der Waals surface area contributed by atoms with E-state index in [4.69, 9.17) is 10.5 Å². The molecule has 3 rings (SSSR count). The molecule has 0 atom stereocenters. The Labute approximate surface area is 163 Å². The first-order chi connectivity index (χ1) is 13.1. The molecule has 0 spiro atoms. The number of amides is 2. The van der Waals surface area contributed by atoms with Gasteiger partial charge in [0, 0.05) is 11.0 Å². The van der Waals surface area contributed by atoms with Gasteiger partial charge in [-0.15, -0.1) is 11.3 Å². The molecule has 0 bridgehead atoms.